The zero-order valence-electron chi connectivity index (χ0n) is 11.7. The van der Waals surface area contributed by atoms with Gasteiger partial charge in [-0.2, -0.15) is 0 Å². The Hall–Kier alpha value is -2.12. The molecule has 0 spiro atoms. The summed E-state index contributed by atoms with van der Waals surface area (Å²) in [5, 5.41) is 5.08. The fourth-order valence-electron chi connectivity index (χ4n) is 1.22. The molecular weight excluding hydrogens is 268 g/mol. The van der Waals surface area contributed by atoms with Crippen molar-refractivity contribution in [3.05, 3.63) is 0 Å². The molecule has 0 saturated carbocycles. The molecule has 0 aliphatic rings. The second-order valence-electron chi connectivity index (χ2n) is 3.85. The summed E-state index contributed by atoms with van der Waals surface area (Å²) < 4.78 is 8.80. The molecule has 0 aliphatic heterocycles. The molecule has 0 heterocycles. The van der Waals surface area contributed by atoms with Crippen LogP contribution in [0.1, 0.15) is 25.7 Å². The fraction of sp³-hybridized carbons (Fsp3) is 0.667. The first-order valence-electron chi connectivity index (χ1n) is 6.16. The Morgan fingerprint density at radius 3 is 1.35 bits per heavy atom. The summed E-state index contributed by atoms with van der Waals surface area (Å²) in [5.41, 5.74) is 0. The van der Waals surface area contributed by atoms with Gasteiger partial charge in [-0.1, -0.05) is 0 Å². The van der Waals surface area contributed by atoms with E-state index in [1.54, 1.807) is 0 Å². The molecule has 0 radical (unpaired) electrons. The zero-order chi connectivity index (χ0) is 15.4. The van der Waals surface area contributed by atoms with Crippen LogP contribution in [0.15, 0.2) is 0 Å². The van der Waals surface area contributed by atoms with Crippen LogP contribution in [0, 0.1) is 0 Å². The second kappa shape index (κ2) is 10.8. The second-order valence-corrected chi connectivity index (χ2v) is 3.85. The lowest BCUT2D eigenvalue weighted by molar-refractivity contribution is -0.142. The summed E-state index contributed by atoms with van der Waals surface area (Å²) >= 11 is 0. The predicted molar refractivity (Wildman–Crippen MR) is 68.5 cm³/mol. The van der Waals surface area contributed by atoms with Crippen LogP contribution >= 0.6 is 0 Å². The van der Waals surface area contributed by atoms with Crippen LogP contribution in [-0.4, -0.2) is 51.1 Å². The van der Waals surface area contributed by atoms with E-state index in [1.807, 2.05) is 0 Å². The molecular formula is C12H20N2O6. The van der Waals surface area contributed by atoms with Gasteiger partial charge in [-0.25, -0.2) is 0 Å². The largest absolute Gasteiger partial charge is 0.469 e. The first-order valence-corrected chi connectivity index (χ1v) is 6.16. The van der Waals surface area contributed by atoms with E-state index in [0.717, 1.165) is 0 Å². The van der Waals surface area contributed by atoms with Gasteiger partial charge in [0.2, 0.25) is 11.8 Å². The first kappa shape index (κ1) is 17.9. The normalized spacial score (nSPS) is 9.50. The number of ether oxygens (including phenoxy) is 2. The van der Waals surface area contributed by atoms with E-state index in [1.165, 1.54) is 14.2 Å². The molecule has 0 fully saturated rings. The van der Waals surface area contributed by atoms with Gasteiger partial charge in [0.25, 0.3) is 0 Å². The van der Waals surface area contributed by atoms with Crippen molar-refractivity contribution in [3.63, 3.8) is 0 Å². The maximum atomic E-state index is 11.3. The van der Waals surface area contributed by atoms with Crippen molar-refractivity contribution in [2.45, 2.75) is 25.7 Å². The number of carbonyl (C=O) groups is 4. The topological polar surface area (TPSA) is 111 Å². The Labute approximate surface area is 117 Å². The zero-order valence-corrected chi connectivity index (χ0v) is 11.7. The van der Waals surface area contributed by atoms with Crippen LogP contribution in [0.4, 0.5) is 0 Å². The molecule has 0 unspecified atom stereocenters. The molecule has 0 aliphatic carbocycles. The highest BCUT2D eigenvalue weighted by atomic mass is 16.5. The van der Waals surface area contributed by atoms with E-state index in [-0.39, 0.29) is 50.6 Å². The standard InChI is InChI=1S/C12H20N2O6/c1-19-11(17)5-3-9(15)13-7-8-14-10(16)4-6-12(18)20-2/h3-8H2,1-2H3,(H,13,15)(H,14,16). The van der Waals surface area contributed by atoms with Gasteiger partial charge in [0.1, 0.15) is 0 Å². The average Bonchev–Trinajstić information content (AvgIpc) is 2.46. The maximum Gasteiger partial charge on any atom is 0.306 e. The van der Waals surface area contributed by atoms with Gasteiger partial charge in [0.15, 0.2) is 0 Å². The number of esters is 2. The van der Waals surface area contributed by atoms with Crippen molar-refractivity contribution in [3.8, 4) is 0 Å². The molecule has 8 heteroatoms. The van der Waals surface area contributed by atoms with Gasteiger partial charge in [0.05, 0.1) is 27.1 Å². The molecule has 2 amide bonds. The summed E-state index contributed by atoms with van der Waals surface area (Å²) in [6.07, 6.45) is 0.133. The number of amides is 2. The van der Waals surface area contributed by atoms with E-state index >= 15 is 0 Å². The summed E-state index contributed by atoms with van der Waals surface area (Å²) in [7, 11) is 2.51. The Morgan fingerprint density at radius 1 is 0.700 bits per heavy atom. The minimum Gasteiger partial charge on any atom is -0.469 e. The third-order valence-electron chi connectivity index (χ3n) is 2.34. The summed E-state index contributed by atoms with van der Waals surface area (Å²) in [6.45, 7) is 0.508. The highest BCUT2D eigenvalue weighted by molar-refractivity contribution is 5.82. The number of nitrogens with one attached hydrogen (secondary N) is 2. The van der Waals surface area contributed by atoms with Crippen LogP contribution < -0.4 is 10.6 Å². The quantitative estimate of drug-likeness (QED) is 0.421. The fourth-order valence-corrected chi connectivity index (χ4v) is 1.22. The van der Waals surface area contributed by atoms with Crippen LogP contribution in [-0.2, 0) is 28.7 Å². The van der Waals surface area contributed by atoms with Crippen molar-refractivity contribution < 1.29 is 28.7 Å². The lowest BCUT2D eigenvalue weighted by Crippen LogP contribution is -2.34. The molecule has 0 saturated heterocycles. The highest BCUT2D eigenvalue weighted by Crippen LogP contribution is 1.92. The molecule has 0 atom stereocenters. The van der Waals surface area contributed by atoms with Crippen LogP contribution in [0.2, 0.25) is 0 Å². The van der Waals surface area contributed by atoms with Crippen molar-refractivity contribution in [2.24, 2.45) is 0 Å². The molecule has 8 nitrogen and oxygen atoms in total. The van der Waals surface area contributed by atoms with Crippen molar-refractivity contribution in [1.82, 2.24) is 10.6 Å². The first-order chi connectivity index (χ1) is 9.49. The molecule has 0 rings (SSSR count). The van der Waals surface area contributed by atoms with Crippen LogP contribution in [0.5, 0.6) is 0 Å². The van der Waals surface area contributed by atoms with E-state index < -0.39 is 11.9 Å². The Kier molecular flexibility index (Phi) is 9.63. The minimum atomic E-state index is -0.448. The lowest BCUT2D eigenvalue weighted by atomic mass is 10.3. The molecule has 114 valence electrons. The maximum absolute atomic E-state index is 11.3. The Bertz CT molecular complexity index is 322. The number of rotatable bonds is 9. The molecule has 0 aromatic carbocycles. The molecule has 0 aromatic rings. The summed E-state index contributed by atoms with van der Waals surface area (Å²) in [5.74, 6) is -1.48. The average molecular weight is 288 g/mol. The minimum absolute atomic E-state index is 0.0216. The van der Waals surface area contributed by atoms with Gasteiger partial charge in [-0.3, -0.25) is 19.2 Å². The van der Waals surface area contributed by atoms with E-state index in [4.69, 9.17) is 0 Å². The number of methoxy groups -OCH3 is 2. The Morgan fingerprint density at radius 2 is 1.05 bits per heavy atom. The van der Waals surface area contributed by atoms with E-state index in [9.17, 15) is 19.2 Å². The molecule has 0 bridgehead atoms. The number of hydrogen-bond acceptors (Lipinski definition) is 6. The number of hydrogen-bond donors (Lipinski definition) is 2. The van der Waals surface area contributed by atoms with Gasteiger partial charge in [-0.05, 0) is 0 Å². The molecule has 20 heavy (non-hydrogen) atoms. The molecule has 2 N–H and O–H groups in total. The van der Waals surface area contributed by atoms with E-state index in [0.29, 0.717) is 0 Å². The third kappa shape index (κ3) is 9.86. The number of carbonyl (C=O) groups excluding carboxylic acids is 4. The van der Waals surface area contributed by atoms with E-state index in [2.05, 4.69) is 20.1 Å². The van der Waals surface area contributed by atoms with Crippen LogP contribution in [0.25, 0.3) is 0 Å². The third-order valence-corrected chi connectivity index (χ3v) is 2.34. The monoisotopic (exact) mass is 288 g/mol. The summed E-state index contributed by atoms with van der Waals surface area (Å²) in [4.78, 5) is 44.1. The smallest absolute Gasteiger partial charge is 0.306 e. The van der Waals surface area contributed by atoms with Gasteiger partial charge in [-0.15, -0.1) is 0 Å². The lowest BCUT2D eigenvalue weighted by Gasteiger charge is -2.06. The van der Waals surface area contributed by atoms with Crippen molar-refractivity contribution in [1.29, 1.82) is 0 Å². The van der Waals surface area contributed by atoms with Crippen molar-refractivity contribution in [2.75, 3.05) is 27.3 Å². The van der Waals surface area contributed by atoms with Crippen molar-refractivity contribution >= 4 is 23.8 Å². The van der Waals surface area contributed by atoms with Gasteiger partial charge in [0, 0.05) is 25.9 Å². The van der Waals surface area contributed by atoms with Gasteiger partial charge < -0.3 is 20.1 Å². The Balaban J connectivity index is 3.55. The predicted octanol–water partition coefficient (Wildman–Crippen LogP) is -0.875. The van der Waals surface area contributed by atoms with Gasteiger partial charge >= 0.3 is 11.9 Å². The molecule has 0 aromatic heterocycles. The highest BCUT2D eigenvalue weighted by Gasteiger charge is 2.07. The van der Waals surface area contributed by atoms with Crippen LogP contribution in [0.3, 0.4) is 0 Å². The summed E-state index contributed by atoms with van der Waals surface area (Å²) in [6, 6.07) is 0. The SMILES string of the molecule is COC(=O)CCC(=O)NCCNC(=O)CCC(=O)OC.